The Balaban J connectivity index is 1.66. The molecule has 1 aliphatic carbocycles. The van der Waals surface area contributed by atoms with Crippen LogP contribution in [0.3, 0.4) is 0 Å². The van der Waals surface area contributed by atoms with Crippen molar-refractivity contribution in [1.29, 1.82) is 0 Å². The quantitative estimate of drug-likeness (QED) is 0.817. The fourth-order valence-corrected chi connectivity index (χ4v) is 3.31. The second kappa shape index (κ2) is 6.63. The summed E-state index contributed by atoms with van der Waals surface area (Å²) in [4.78, 5) is 2.59. The summed E-state index contributed by atoms with van der Waals surface area (Å²) in [6.45, 7) is 7.24. The minimum absolute atomic E-state index is 0.685. The van der Waals surface area contributed by atoms with Crippen LogP contribution < -0.4 is 10.5 Å². The van der Waals surface area contributed by atoms with Gasteiger partial charge in [-0.3, -0.25) is 4.90 Å². The minimum Gasteiger partial charge on any atom is -0.494 e. The van der Waals surface area contributed by atoms with Crippen LogP contribution in [0.1, 0.15) is 43.7 Å². The van der Waals surface area contributed by atoms with Crippen molar-refractivity contribution in [1.82, 2.24) is 4.90 Å². The van der Waals surface area contributed by atoms with Gasteiger partial charge in [-0.25, -0.2) is 0 Å². The van der Waals surface area contributed by atoms with Crippen molar-refractivity contribution in [3.05, 3.63) is 29.3 Å². The van der Waals surface area contributed by atoms with Gasteiger partial charge in [-0.2, -0.15) is 0 Å². The van der Waals surface area contributed by atoms with Crippen LogP contribution in [0.2, 0.25) is 0 Å². The Kier molecular flexibility index (Phi) is 4.61. The zero-order valence-corrected chi connectivity index (χ0v) is 13.0. The third kappa shape index (κ3) is 3.14. The van der Waals surface area contributed by atoms with Gasteiger partial charge in [0.05, 0.1) is 6.61 Å². The summed E-state index contributed by atoms with van der Waals surface area (Å²) in [5.74, 6) is 0.978. The molecule has 0 radical (unpaired) electrons. The number of nitrogens with zero attached hydrogens (tertiary/aromatic N) is 1. The lowest BCUT2D eigenvalue weighted by Gasteiger charge is -2.33. The monoisotopic (exact) mass is 286 g/mol. The van der Waals surface area contributed by atoms with Crippen molar-refractivity contribution in [2.75, 3.05) is 32.8 Å². The van der Waals surface area contributed by atoms with Gasteiger partial charge in [0, 0.05) is 6.54 Å². The van der Waals surface area contributed by atoms with E-state index in [4.69, 9.17) is 10.5 Å². The van der Waals surface area contributed by atoms with Gasteiger partial charge in [0.1, 0.15) is 5.75 Å². The van der Waals surface area contributed by atoms with Gasteiger partial charge in [-0.1, -0.05) is 12.5 Å². The van der Waals surface area contributed by atoms with Crippen LogP contribution >= 0.6 is 0 Å². The molecule has 0 saturated carbocycles. The van der Waals surface area contributed by atoms with Crippen LogP contribution in [0, 0.1) is 0 Å². The minimum atomic E-state index is 0.685. The van der Waals surface area contributed by atoms with E-state index >= 15 is 0 Å². The van der Waals surface area contributed by atoms with E-state index in [-0.39, 0.29) is 0 Å². The highest BCUT2D eigenvalue weighted by Crippen LogP contribution is 2.42. The van der Waals surface area contributed by atoms with Crippen molar-refractivity contribution in [2.45, 2.75) is 32.6 Å². The Morgan fingerprint density at radius 3 is 2.71 bits per heavy atom. The fourth-order valence-electron chi connectivity index (χ4n) is 3.31. The van der Waals surface area contributed by atoms with Gasteiger partial charge < -0.3 is 10.5 Å². The van der Waals surface area contributed by atoms with E-state index in [1.54, 1.807) is 0 Å². The van der Waals surface area contributed by atoms with Crippen LogP contribution in [0.15, 0.2) is 18.2 Å². The highest BCUT2D eigenvalue weighted by Gasteiger charge is 2.25. The summed E-state index contributed by atoms with van der Waals surface area (Å²) in [6.07, 6.45) is 5.00. The molecule has 0 spiro atoms. The molecule has 1 aromatic rings. The zero-order chi connectivity index (χ0) is 14.7. The third-order valence-corrected chi connectivity index (χ3v) is 4.62. The summed E-state index contributed by atoms with van der Waals surface area (Å²) >= 11 is 0. The molecule has 3 nitrogen and oxygen atoms in total. The maximum atomic E-state index is 5.77. The number of piperidine rings is 1. The van der Waals surface area contributed by atoms with E-state index in [9.17, 15) is 0 Å². The predicted molar refractivity (Wildman–Crippen MR) is 88.4 cm³/mol. The number of hydrogen-bond donors (Lipinski definition) is 1. The summed E-state index contributed by atoms with van der Waals surface area (Å²) in [7, 11) is 0. The Labute approximate surface area is 127 Å². The number of likely N-dealkylation sites (tertiary alicyclic amines) is 1. The number of fused-ring (bicyclic) bond motifs is 1. The summed E-state index contributed by atoms with van der Waals surface area (Å²) in [5.41, 5.74) is 11.3. The molecular formula is C18H26N2O. The maximum Gasteiger partial charge on any atom is 0.119 e. The lowest BCUT2D eigenvalue weighted by Crippen LogP contribution is -2.32. The van der Waals surface area contributed by atoms with Gasteiger partial charge >= 0.3 is 0 Å². The lowest BCUT2D eigenvalue weighted by atomic mass is 9.81. The average Bonchev–Trinajstić information content (AvgIpc) is 2.53. The van der Waals surface area contributed by atoms with Gasteiger partial charge in [-0.15, -0.1) is 0 Å². The zero-order valence-electron chi connectivity index (χ0n) is 13.0. The lowest BCUT2D eigenvalue weighted by molar-refractivity contribution is 0.255. The van der Waals surface area contributed by atoms with Crippen LogP contribution in [0.25, 0.3) is 11.1 Å². The van der Waals surface area contributed by atoms with E-state index in [0.29, 0.717) is 13.2 Å². The first-order chi connectivity index (χ1) is 10.3. The number of rotatable bonds is 6. The molecule has 1 heterocycles. The molecule has 1 aromatic carbocycles. The van der Waals surface area contributed by atoms with Gasteiger partial charge in [0.25, 0.3) is 0 Å². The van der Waals surface area contributed by atoms with Gasteiger partial charge in [0.2, 0.25) is 0 Å². The summed E-state index contributed by atoms with van der Waals surface area (Å²) in [6, 6.07) is 6.48. The smallest absolute Gasteiger partial charge is 0.119 e. The first kappa shape index (κ1) is 14.6. The van der Waals surface area contributed by atoms with E-state index in [0.717, 1.165) is 18.7 Å². The summed E-state index contributed by atoms with van der Waals surface area (Å²) in [5, 5.41) is 0. The van der Waals surface area contributed by atoms with Crippen molar-refractivity contribution in [3.63, 3.8) is 0 Å². The maximum absolute atomic E-state index is 5.77. The third-order valence-electron chi connectivity index (χ3n) is 4.62. The second-order valence-corrected chi connectivity index (χ2v) is 6.14. The normalized spacial score (nSPS) is 18.4. The highest BCUT2D eigenvalue weighted by molar-refractivity contribution is 6.04. The number of benzene rings is 1. The molecule has 2 N–H and O–H groups in total. The number of allylic oxidation sites excluding steroid dienone is 1. The number of ether oxygens (including phenoxy) is 1. The highest BCUT2D eigenvalue weighted by atomic mass is 16.5. The van der Waals surface area contributed by atoms with Crippen molar-refractivity contribution in [2.24, 2.45) is 5.73 Å². The van der Waals surface area contributed by atoms with Crippen LogP contribution in [-0.4, -0.2) is 37.7 Å². The molecule has 0 atom stereocenters. The van der Waals surface area contributed by atoms with Gasteiger partial charge in [-0.05, 0) is 80.2 Å². The van der Waals surface area contributed by atoms with E-state index in [2.05, 4.69) is 30.0 Å². The number of nitrogens with two attached hydrogens (primary N) is 1. The molecule has 0 aromatic heterocycles. The molecule has 3 heteroatoms. The van der Waals surface area contributed by atoms with Gasteiger partial charge in [0.15, 0.2) is 0 Å². The SMILES string of the molecule is CC1=C(CN2CCCCC2)c2cc(OCCCN)ccc21. The number of hydrogen-bond acceptors (Lipinski definition) is 3. The Bertz CT molecular complexity index is 530. The van der Waals surface area contributed by atoms with E-state index in [1.807, 2.05) is 0 Å². The molecule has 114 valence electrons. The van der Waals surface area contributed by atoms with Crippen molar-refractivity contribution >= 4 is 11.1 Å². The first-order valence-corrected chi connectivity index (χ1v) is 8.19. The van der Waals surface area contributed by atoms with E-state index in [1.165, 1.54) is 54.6 Å². The molecule has 0 amide bonds. The van der Waals surface area contributed by atoms with Crippen LogP contribution in [0.5, 0.6) is 5.75 Å². The van der Waals surface area contributed by atoms with Crippen molar-refractivity contribution in [3.8, 4) is 5.75 Å². The molecule has 3 rings (SSSR count). The first-order valence-electron chi connectivity index (χ1n) is 8.19. The molecule has 1 fully saturated rings. The average molecular weight is 286 g/mol. The Morgan fingerprint density at radius 2 is 1.95 bits per heavy atom. The molecule has 1 aliphatic heterocycles. The molecule has 0 bridgehead atoms. The van der Waals surface area contributed by atoms with Crippen LogP contribution in [-0.2, 0) is 0 Å². The van der Waals surface area contributed by atoms with E-state index < -0.39 is 0 Å². The molecular weight excluding hydrogens is 260 g/mol. The van der Waals surface area contributed by atoms with Crippen LogP contribution in [0.4, 0.5) is 0 Å². The largest absolute Gasteiger partial charge is 0.494 e. The standard InChI is InChI=1S/C18H26N2O/c1-14-16-7-6-15(21-11-5-8-19)12-17(16)18(14)13-20-9-3-2-4-10-20/h6-7,12H,2-5,8-11,13,19H2,1H3. The fraction of sp³-hybridized carbons (Fsp3) is 0.556. The topological polar surface area (TPSA) is 38.5 Å². The van der Waals surface area contributed by atoms with Crippen molar-refractivity contribution < 1.29 is 4.74 Å². The molecule has 1 saturated heterocycles. The predicted octanol–water partition coefficient (Wildman–Crippen LogP) is 3.14. The molecule has 0 unspecified atom stereocenters. The Morgan fingerprint density at radius 1 is 1.14 bits per heavy atom. The molecule has 2 aliphatic rings. The molecule has 21 heavy (non-hydrogen) atoms. The second-order valence-electron chi connectivity index (χ2n) is 6.14. The summed E-state index contributed by atoms with van der Waals surface area (Å²) < 4.78 is 5.77. The Hall–Kier alpha value is -1.32.